The van der Waals surface area contributed by atoms with E-state index in [1.807, 2.05) is 78.9 Å². The molecule has 1 aliphatic rings. The van der Waals surface area contributed by atoms with E-state index in [1.165, 1.54) is 18.2 Å². The molecule has 0 aliphatic carbocycles. The Balaban J connectivity index is 0.000000414. The number of hydrogen-bond donors (Lipinski definition) is 1. The number of methoxy groups -OCH3 is 1. The predicted molar refractivity (Wildman–Crippen MR) is 368 cm³/mol. The Bertz CT molecular complexity index is 2810. The number of rotatable bonds is 33. The first-order chi connectivity index (χ1) is 43.2. The lowest BCUT2D eigenvalue weighted by atomic mass is 9.90. The van der Waals surface area contributed by atoms with Crippen molar-refractivity contribution in [2.75, 3.05) is 86.3 Å². The number of nitrogens with one attached hydrogen (secondary N) is 1. The molecule has 500 valence electrons. The van der Waals surface area contributed by atoms with Gasteiger partial charge in [0.25, 0.3) is 0 Å². The molecule has 0 saturated carbocycles. The Morgan fingerprint density at radius 1 is 0.473 bits per heavy atom. The molecule has 1 N–H and O–H groups in total. The maximum atomic E-state index is 11.7. The molecule has 91 heavy (non-hydrogen) atoms. The molecule has 0 atom stereocenters. The average Bonchev–Trinajstić information content (AvgIpc) is 2.51. The monoisotopic (exact) mass is 1260 g/mol. The van der Waals surface area contributed by atoms with E-state index in [0.29, 0.717) is 100 Å². The zero-order chi connectivity index (χ0) is 67.2. The van der Waals surface area contributed by atoms with Crippen molar-refractivity contribution in [2.24, 2.45) is 16.2 Å². The molecule has 4 aromatic carbocycles. The summed E-state index contributed by atoms with van der Waals surface area (Å²) in [5.74, 6) is 1.39. The lowest BCUT2D eigenvalue weighted by Crippen LogP contribution is -2.38. The smallest absolute Gasteiger partial charge is 0.330 e. The zero-order valence-corrected chi connectivity index (χ0v) is 57.2. The van der Waals surface area contributed by atoms with Crippen LogP contribution in [0.1, 0.15) is 170 Å². The molecule has 0 saturated heterocycles. The van der Waals surface area contributed by atoms with Crippen LogP contribution in [-0.4, -0.2) is 116 Å². The van der Waals surface area contributed by atoms with Gasteiger partial charge < -0.3 is 47.9 Å². The van der Waals surface area contributed by atoms with Crippen LogP contribution in [0.5, 0.6) is 17.2 Å². The van der Waals surface area contributed by atoms with Crippen LogP contribution < -0.4 is 19.5 Å². The second kappa shape index (κ2) is 45.8. The largest absolute Gasteiger partial charge is 0.497 e. The molecule has 15 heteroatoms. The summed E-state index contributed by atoms with van der Waals surface area (Å²) in [6, 6.07) is 29.9. The molecule has 0 bridgehead atoms. The Kier molecular flexibility index (Phi) is 40.2. The second-order valence-electron chi connectivity index (χ2n) is 26.4. The minimum atomic E-state index is -0.362. The van der Waals surface area contributed by atoms with Gasteiger partial charge in [0.15, 0.2) is 23.0 Å². The number of hydrogen-bond acceptors (Lipinski definition) is 14. The molecule has 1 heterocycles. The summed E-state index contributed by atoms with van der Waals surface area (Å²) in [6.45, 7) is 39.9. The Hall–Kier alpha value is -7.35. The SMILES string of the molecule is CC(C)(C)CCCCOC(=O)/C=C/c1ccc2c(c1)OCCO2.CC(C)(C)NCCOCCOCCCC(=O)/C=C/c1ccccc1.COc1ccc(/C=C/C(=O)OCCOCCCC(C)(C)C)cc1.[C-]#[N+]c1ccc(/C=C/C(=O)OCCCCC(C)(C)C)cc1. The van der Waals surface area contributed by atoms with Gasteiger partial charge in [-0.1, -0.05) is 141 Å². The number of allylic oxidation sites excluding steroid dienone is 1. The van der Waals surface area contributed by atoms with E-state index in [-0.39, 0.29) is 35.8 Å². The van der Waals surface area contributed by atoms with E-state index in [1.54, 1.807) is 55.7 Å². The van der Waals surface area contributed by atoms with Crippen LogP contribution in [0.4, 0.5) is 5.69 Å². The van der Waals surface area contributed by atoms with Crippen molar-refractivity contribution in [1.29, 1.82) is 0 Å². The van der Waals surface area contributed by atoms with Crippen molar-refractivity contribution >= 4 is 53.7 Å². The first kappa shape index (κ1) is 79.7. The predicted octanol–water partition coefficient (Wildman–Crippen LogP) is 16.8. The molecular weight excluding hydrogens is 1150 g/mol. The van der Waals surface area contributed by atoms with Gasteiger partial charge in [-0.2, -0.15) is 0 Å². The van der Waals surface area contributed by atoms with Gasteiger partial charge >= 0.3 is 17.9 Å². The molecule has 0 spiro atoms. The standard InChI is InChI=1S/C20H31NO3.C19H26O4.C19H28O4.C18H23NO2/c1-20(2,3)21-13-15-24-17-16-23-14-7-10-19(22)12-11-18-8-5-4-6-9-18;1-19(2,3)10-4-5-11-23-18(20)9-7-15-6-8-16-17(14-15)22-13-12-21-16;1-19(2,3)12-5-13-22-14-15-23-18(20)11-8-16-6-9-17(21-4)10-7-16;1-18(2,3)13-5-6-14-21-17(20)12-9-15-7-10-16(19-4)11-8-15/h4-6,8-9,11-12,21H,7,10,13-17H2,1-3H3;6-9,14H,4-5,10-13H2,1-3H3;6-11H,5,12-15H2,1-4H3;7-12H,5-6,13-14H2,1-3H3/b12-11+;9-7+;11-8+;12-9+. The van der Waals surface area contributed by atoms with Gasteiger partial charge in [0.2, 0.25) is 0 Å². The number of ketones is 1. The Morgan fingerprint density at radius 2 is 0.912 bits per heavy atom. The van der Waals surface area contributed by atoms with Crippen molar-refractivity contribution < 1.29 is 61.8 Å². The molecule has 0 fully saturated rings. The minimum absolute atomic E-state index is 0.126. The molecule has 0 unspecified atom stereocenters. The van der Waals surface area contributed by atoms with Crippen LogP contribution in [0.2, 0.25) is 0 Å². The number of carbonyl (C=O) groups excluding carboxylic acids is 4. The van der Waals surface area contributed by atoms with Gasteiger partial charge in [-0.15, -0.1) is 0 Å². The highest BCUT2D eigenvalue weighted by atomic mass is 16.6. The van der Waals surface area contributed by atoms with E-state index >= 15 is 0 Å². The Morgan fingerprint density at radius 3 is 1.43 bits per heavy atom. The van der Waals surface area contributed by atoms with E-state index in [2.05, 4.69) is 93.2 Å². The lowest BCUT2D eigenvalue weighted by molar-refractivity contribution is -0.139. The van der Waals surface area contributed by atoms with Gasteiger partial charge in [0.1, 0.15) is 25.6 Å². The average molecular weight is 1260 g/mol. The maximum absolute atomic E-state index is 11.7. The van der Waals surface area contributed by atoms with Crippen molar-refractivity contribution in [3.63, 3.8) is 0 Å². The number of benzene rings is 4. The van der Waals surface area contributed by atoms with Crippen LogP contribution in [-0.2, 0) is 47.6 Å². The summed E-state index contributed by atoms with van der Waals surface area (Å²) in [5.41, 5.74) is 5.45. The summed E-state index contributed by atoms with van der Waals surface area (Å²) < 4.78 is 47.9. The fourth-order valence-electron chi connectivity index (χ4n) is 8.05. The molecule has 0 amide bonds. The van der Waals surface area contributed by atoms with Gasteiger partial charge in [-0.05, 0) is 166 Å². The topological polar surface area (TPSA) is 168 Å². The summed E-state index contributed by atoms with van der Waals surface area (Å²) in [5, 5.41) is 3.36. The number of unbranched alkanes of at least 4 members (excludes halogenated alkanes) is 2. The molecule has 0 aromatic heterocycles. The first-order valence-electron chi connectivity index (χ1n) is 32.0. The van der Waals surface area contributed by atoms with Crippen molar-refractivity contribution in [1.82, 2.24) is 5.32 Å². The summed E-state index contributed by atoms with van der Waals surface area (Å²) in [7, 11) is 1.62. The second-order valence-corrected chi connectivity index (χ2v) is 26.4. The maximum Gasteiger partial charge on any atom is 0.330 e. The van der Waals surface area contributed by atoms with Gasteiger partial charge in [-0.3, -0.25) is 4.79 Å². The zero-order valence-electron chi connectivity index (χ0n) is 57.2. The third kappa shape index (κ3) is 46.4. The van der Waals surface area contributed by atoms with Crippen molar-refractivity contribution in [3.8, 4) is 17.2 Å². The lowest BCUT2D eigenvalue weighted by Gasteiger charge is -2.20. The van der Waals surface area contributed by atoms with E-state index in [4.69, 9.17) is 49.2 Å². The summed E-state index contributed by atoms with van der Waals surface area (Å²) in [6.07, 6.45) is 22.5. The Labute approximate surface area is 546 Å². The number of esters is 3. The van der Waals surface area contributed by atoms with Gasteiger partial charge in [0, 0.05) is 49.9 Å². The highest BCUT2D eigenvalue weighted by molar-refractivity contribution is 5.93. The first-order valence-corrected chi connectivity index (χ1v) is 32.0. The highest BCUT2D eigenvalue weighted by Gasteiger charge is 2.14. The number of carbonyl (C=O) groups is 4. The number of fused-ring (bicyclic) bond motifs is 1. The minimum Gasteiger partial charge on any atom is -0.497 e. The number of ether oxygens (including phenoxy) is 9. The molecule has 5 rings (SSSR count). The van der Waals surface area contributed by atoms with E-state index in [0.717, 1.165) is 98.1 Å². The highest BCUT2D eigenvalue weighted by Crippen LogP contribution is 2.31. The van der Waals surface area contributed by atoms with E-state index < -0.39 is 0 Å². The van der Waals surface area contributed by atoms with Gasteiger partial charge in [0.05, 0.1) is 53.3 Å². The fraction of sp³-hybridized carbons (Fsp3) is 0.513. The van der Waals surface area contributed by atoms with Crippen LogP contribution in [0, 0.1) is 22.8 Å². The van der Waals surface area contributed by atoms with Crippen LogP contribution in [0.3, 0.4) is 0 Å². The molecule has 15 nitrogen and oxygen atoms in total. The van der Waals surface area contributed by atoms with Crippen molar-refractivity contribution in [3.05, 3.63) is 155 Å². The summed E-state index contributed by atoms with van der Waals surface area (Å²) >= 11 is 0. The third-order valence-electron chi connectivity index (χ3n) is 13.0. The molecule has 0 radical (unpaired) electrons. The third-order valence-corrected chi connectivity index (χ3v) is 13.0. The van der Waals surface area contributed by atoms with Crippen LogP contribution in [0.15, 0.2) is 121 Å². The molecule has 4 aromatic rings. The normalized spacial score (nSPS) is 12.3. The van der Waals surface area contributed by atoms with Crippen LogP contribution >= 0.6 is 0 Å². The van der Waals surface area contributed by atoms with E-state index in [9.17, 15) is 19.2 Å². The molecule has 1 aliphatic heterocycles. The molecular formula is C76H108N2O13. The number of nitrogens with zero attached hydrogens (tertiary/aromatic N) is 1. The fourth-order valence-corrected chi connectivity index (χ4v) is 8.05. The van der Waals surface area contributed by atoms with Crippen molar-refractivity contribution in [2.45, 2.75) is 153 Å². The van der Waals surface area contributed by atoms with Crippen LogP contribution in [0.25, 0.3) is 29.1 Å². The quantitative estimate of drug-likeness (QED) is 0.0157. The van der Waals surface area contributed by atoms with Gasteiger partial charge in [-0.25, -0.2) is 19.2 Å². The summed E-state index contributed by atoms with van der Waals surface area (Å²) in [4.78, 5) is 49.9.